The highest BCUT2D eigenvalue weighted by Crippen LogP contribution is 2.34. The maximum atomic E-state index is 12.7. The first-order valence-corrected chi connectivity index (χ1v) is 9.22. The summed E-state index contributed by atoms with van der Waals surface area (Å²) in [5.74, 6) is 0.526. The minimum atomic E-state index is -0.550. The predicted octanol–water partition coefficient (Wildman–Crippen LogP) is 3.14. The molecule has 0 radical (unpaired) electrons. The SMILES string of the molecule is COc1ccc(C(=O)N2CCC3(CC2)NC(=O)c2c(Cl)cccc2N3)cc1. The first-order valence-electron chi connectivity index (χ1n) is 8.84. The number of amides is 2. The lowest BCUT2D eigenvalue weighted by Gasteiger charge is -2.46. The summed E-state index contributed by atoms with van der Waals surface area (Å²) < 4.78 is 5.13. The number of rotatable bonds is 2. The lowest BCUT2D eigenvalue weighted by molar-refractivity contribution is 0.0639. The van der Waals surface area contributed by atoms with Crippen molar-refractivity contribution in [1.82, 2.24) is 10.2 Å². The molecular weight excluding hydrogens is 366 g/mol. The Morgan fingerprint density at radius 1 is 1.11 bits per heavy atom. The Labute approximate surface area is 162 Å². The normalized spacial score (nSPS) is 17.7. The molecule has 1 fully saturated rings. The summed E-state index contributed by atoms with van der Waals surface area (Å²) in [7, 11) is 1.59. The number of nitrogens with zero attached hydrogens (tertiary/aromatic N) is 1. The van der Waals surface area contributed by atoms with Crippen molar-refractivity contribution in [2.45, 2.75) is 18.5 Å². The molecule has 0 aromatic heterocycles. The Hall–Kier alpha value is -2.73. The number of hydrogen-bond acceptors (Lipinski definition) is 4. The van der Waals surface area contributed by atoms with Crippen LogP contribution in [0.5, 0.6) is 5.75 Å². The van der Waals surface area contributed by atoms with Gasteiger partial charge in [0.05, 0.1) is 23.4 Å². The number of anilines is 1. The van der Waals surface area contributed by atoms with Crippen molar-refractivity contribution in [2.24, 2.45) is 0 Å². The first kappa shape index (κ1) is 17.7. The molecule has 2 heterocycles. The van der Waals surface area contributed by atoms with Crippen molar-refractivity contribution >= 4 is 29.1 Å². The van der Waals surface area contributed by atoms with Gasteiger partial charge in [-0.05, 0) is 36.4 Å². The molecule has 2 N–H and O–H groups in total. The largest absolute Gasteiger partial charge is 0.497 e. The van der Waals surface area contributed by atoms with Gasteiger partial charge in [-0.3, -0.25) is 9.59 Å². The van der Waals surface area contributed by atoms with E-state index in [1.165, 1.54) is 0 Å². The van der Waals surface area contributed by atoms with Crippen molar-refractivity contribution in [1.29, 1.82) is 0 Å². The van der Waals surface area contributed by atoms with Crippen molar-refractivity contribution < 1.29 is 14.3 Å². The van der Waals surface area contributed by atoms with Crippen LogP contribution < -0.4 is 15.4 Å². The molecule has 140 valence electrons. The molecule has 0 unspecified atom stereocenters. The van der Waals surface area contributed by atoms with Gasteiger partial charge < -0.3 is 20.3 Å². The van der Waals surface area contributed by atoms with Crippen molar-refractivity contribution in [3.8, 4) is 5.75 Å². The second-order valence-electron chi connectivity index (χ2n) is 6.84. The van der Waals surface area contributed by atoms with Crippen LogP contribution in [0.4, 0.5) is 5.69 Å². The molecule has 2 amide bonds. The van der Waals surface area contributed by atoms with Crippen LogP contribution >= 0.6 is 11.6 Å². The quantitative estimate of drug-likeness (QED) is 0.833. The van der Waals surface area contributed by atoms with Crippen LogP contribution in [-0.4, -0.2) is 42.6 Å². The summed E-state index contributed by atoms with van der Waals surface area (Å²) in [6, 6.07) is 12.5. The lowest BCUT2D eigenvalue weighted by atomic mass is 9.92. The van der Waals surface area contributed by atoms with Crippen LogP contribution in [0.25, 0.3) is 0 Å². The number of halogens is 1. The molecule has 6 nitrogen and oxygen atoms in total. The van der Waals surface area contributed by atoms with Crippen LogP contribution in [0, 0.1) is 0 Å². The van der Waals surface area contributed by atoms with Gasteiger partial charge in [0.15, 0.2) is 0 Å². The zero-order valence-electron chi connectivity index (χ0n) is 14.9. The van der Waals surface area contributed by atoms with Gasteiger partial charge in [0.25, 0.3) is 11.8 Å². The molecule has 0 saturated carbocycles. The van der Waals surface area contributed by atoms with Crippen LogP contribution in [0.1, 0.15) is 33.6 Å². The Kier molecular flexibility index (Phi) is 4.44. The third kappa shape index (κ3) is 3.21. The number of nitrogens with one attached hydrogen (secondary N) is 2. The van der Waals surface area contributed by atoms with E-state index in [2.05, 4.69) is 10.6 Å². The molecule has 1 saturated heterocycles. The number of carbonyl (C=O) groups is 2. The van der Waals surface area contributed by atoms with E-state index >= 15 is 0 Å². The van der Waals surface area contributed by atoms with Gasteiger partial charge in [-0.25, -0.2) is 0 Å². The summed E-state index contributed by atoms with van der Waals surface area (Å²) >= 11 is 6.16. The molecule has 7 heteroatoms. The van der Waals surface area contributed by atoms with Gasteiger partial charge in [0.1, 0.15) is 11.4 Å². The Morgan fingerprint density at radius 3 is 2.48 bits per heavy atom. The Bertz CT molecular complexity index is 890. The molecule has 0 aliphatic carbocycles. The number of methoxy groups -OCH3 is 1. The molecule has 4 rings (SSSR count). The molecule has 2 aliphatic heterocycles. The van der Waals surface area contributed by atoms with E-state index in [0.717, 1.165) is 11.4 Å². The lowest BCUT2D eigenvalue weighted by Crippen LogP contribution is -2.62. The number of benzene rings is 2. The number of carbonyl (C=O) groups excluding carboxylic acids is 2. The van der Waals surface area contributed by atoms with E-state index in [4.69, 9.17) is 16.3 Å². The van der Waals surface area contributed by atoms with E-state index in [0.29, 0.717) is 42.1 Å². The topological polar surface area (TPSA) is 70.7 Å². The average Bonchev–Trinajstić information content (AvgIpc) is 2.68. The molecule has 2 aromatic rings. The summed E-state index contributed by atoms with van der Waals surface area (Å²) in [6.45, 7) is 1.10. The van der Waals surface area contributed by atoms with Gasteiger partial charge >= 0.3 is 0 Å². The van der Waals surface area contributed by atoms with Gasteiger partial charge in [0, 0.05) is 31.5 Å². The second kappa shape index (κ2) is 6.78. The van der Waals surface area contributed by atoms with E-state index in [1.807, 2.05) is 17.0 Å². The minimum Gasteiger partial charge on any atom is -0.497 e. The zero-order chi connectivity index (χ0) is 19.0. The van der Waals surface area contributed by atoms with E-state index < -0.39 is 5.66 Å². The maximum Gasteiger partial charge on any atom is 0.256 e. The highest BCUT2D eigenvalue weighted by atomic mass is 35.5. The van der Waals surface area contributed by atoms with Crippen molar-refractivity contribution in [3.63, 3.8) is 0 Å². The summed E-state index contributed by atoms with van der Waals surface area (Å²) in [4.78, 5) is 27.1. The standard InChI is InChI=1S/C20H20ClN3O3/c1-27-14-7-5-13(6-8-14)19(26)24-11-9-20(10-12-24)22-16-4-2-3-15(21)17(16)18(25)23-20/h2-8,22H,9-12H2,1H3,(H,23,25). The van der Waals surface area contributed by atoms with E-state index in [1.54, 1.807) is 37.4 Å². The van der Waals surface area contributed by atoms with E-state index in [9.17, 15) is 9.59 Å². The monoisotopic (exact) mass is 385 g/mol. The number of likely N-dealkylation sites (tertiary alicyclic amines) is 1. The molecule has 0 bridgehead atoms. The minimum absolute atomic E-state index is 0.0157. The molecule has 0 atom stereocenters. The Balaban J connectivity index is 1.47. The van der Waals surface area contributed by atoms with Crippen LogP contribution in [0.15, 0.2) is 42.5 Å². The van der Waals surface area contributed by atoms with Gasteiger partial charge in [0.2, 0.25) is 0 Å². The molecule has 2 aliphatic rings. The van der Waals surface area contributed by atoms with Gasteiger partial charge in [-0.1, -0.05) is 17.7 Å². The number of ether oxygens (including phenoxy) is 1. The maximum absolute atomic E-state index is 12.7. The average molecular weight is 386 g/mol. The molecular formula is C20H20ClN3O3. The van der Waals surface area contributed by atoms with Gasteiger partial charge in [-0.2, -0.15) is 0 Å². The molecule has 1 spiro atoms. The van der Waals surface area contributed by atoms with Crippen molar-refractivity contribution in [3.05, 3.63) is 58.6 Å². The molecule has 27 heavy (non-hydrogen) atoms. The van der Waals surface area contributed by atoms with Crippen molar-refractivity contribution in [2.75, 3.05) is 25.5 Å². The number of piperidine rings is 1. The molecule has 2 aromatic carbocycles. The Morgan fingerprint density at radius 2 is 1.81 bits per heavy atom. The predicted molar refractivity (Wildman–Crippen MR) is 103 cm³/mol. The summed E-state index contributed by atoms with van der Waals surface area (Å²) in [5.41, 5.74) is 1.29. The smallest absolute Gasteiger partial charge is 0.256 e. The van der Waals surface area contributed by atoms with Crippen LogP contribution in [0.3, 0.4) is 0 Å². The highest BCUT2D eigenvalue weighted by molar-refractivity contribution is 6.34. The zero-order valence-corrected chi connectivity index (χ0v) is 15.7. The number of fused-ring (bicyclic) bond motifs is 1. The van der Waals surface area contributed by atoms with Gasteiger partial charge in [-0.15, -0.1) is 0 Å². The summed E-state index contributed by atoms with van der Waals surface area (Å²) in [6.07, 6.45) is 1.24. The third-order valence-corrected chi connectivity index (χ3v) is 5.52. The first-order chi connectivity index (χ1) is 13.0. The third-order valence-electron chi connectivity index (χ3n) is 5.21. The van der Waals surface area contributed by atoms with Crippen LogP contribution in [-0.2, 0) is 0 Å². The number of hydrogen-bond donors (Lipinski definition) is 2. The fourth-order valence-electron chi connectivity index (χ4n) is 3.69. The highest BCUT2D eigenvalue weighted by Gasteiger charge is 2.41. The van der Waals surface area contributed by atoms with Crippen LogP contribution in [0.2, 0.25) is 5.02 Å². The summed E-state index contributed by atoms with van der Waals surface area (Å²) in [5, 5.41) is 6.91. The fourth-order valence-corrected chi connectivity index (χ4v) is 3.95. The fraction of sp³-hybridized carbons (Fsp3) is 0.300. The second-order valence-corrected chi connectivity index (χ2v) is 7.25. The van der Waals surface area contributed by atoms with E-state index in [-0.39, 0.29) is 11.8 Å².